The molecule has 10 rings (SSSR count). The summed E-state index contributed by atoms with van der Waals surface area (Å²) in [5.74, 6) is 0.338. The Hall–Kier alpha value is -5.57. The van der Waals surface area contributed by atoms with E-state index in [0.29, 0.717) is 42.0 Å². The van der Waals surface area contributed by atoms with E-state index >= 15 is 0 Å². The standard InChI is InChI=1S/C42H49N11O4/c1-48(2)40(57)34-20-26-23-44-41(47-37(26)53(34)27-6-3-4-7-27)45-35-12-10-28(24-43-35)49-16-18-50(19-17-49)29-21-42(22-29)14-15-52(42)32-9-5-8-30-31(32)25-51(39(30)56)33-11-13-36(54)46-38(33)55/h5,8-10,12,20,23-24,27,29,33H,3-4,6-7,11,13-19,21-22,25H2,1-2H3,(H,46,54,55)(H,43,44,45,47)/t29?,33-,42?/m0/s1. The van der Waals surface area contributed by atoms with Crippen LogP contribution in [0.5, 0.6) is 0 Å². The first-order valence-corrected chi connectivity index (χ1v) is 20.5. The van der Waals surface area contributed by atoms with Crippen LogP contribution in [0.2, 0.25) is 0 Å². The SMILES string of the molecule is CN(C)C(=O)c1cc2cnc(Nc3ccc(N4CCN(C5CC6(CCN6c6cccc7c6CN([C@H]6CCC(=O)NC6=O)C7=O)C5)CC4)cn3)nc2n1C1CCCC1. The number of carbonyl (C=O) groups is 4. The fourth-order valence-electron chi connectivity index (χ4n) is 10.3. The summed E-state index contributed by atoms with van der Waals surface area (Å²) in [5.41, 5.74) is 5.45. The second kappa shape index (κ2) is 13.8. The monoisotopic (exact) mass is 771 g/mol. The molecule has 2 saturated carbocycles. The number of carbonyl (C=O) groups excluding carboxylic acids is 4. The minimum absolute atomic E-state index is 0.0256. The third-order valence-electron chi connectivity index (χ3n) is 13.5. The predicted octanol–water partition coefficient (Wildman–Crippen LogP) is 4.08. The van der Waals surface area contributed by atoms with E-state index in [2.05, 4.69) is 47.0 Å². The van der Waals surface area contributed by atoms with Crippen LogP contribution >= 0.6 is 0 Å². The number of fused-ring (bicyclic) bond motifs is 2. The maximum Gasteiger partial charge on any atom is 0.270 e. The molecule has 1 spiro atoms. The Balaban J connectivity index is 0.753. The summed E-state index contributed by atoms with van der Waals surface area (Å²) >= 11 is 0. The quantitative estimate of drug-likeness (QED) is 0.250. The number of rotatable bonds is 8. The molecule has 0 unspecified atom stereocenters. The molecule has 15 nitrogen and oxygen atoms in total. The number of anilines is 4. The van der Waals surface area contributed by atoms with Crippen molar-refractivity contribution in [1.82, 2.24) is 39.5 Å². The zero-order valence-electron chi connectivity index (χ0n) is 32.6. The molecule has 4 aromatic rings. The Morgan fingerprint density at radius 2 is 1.74 bits per heavy atom. The van der Waals surface area contributed by atoms with Gasteiger partial charge < -0.3 is 29.5 Å². The lowest BCUT2D eigenvalue weighted by molar-refractivity contribution is -0.136. The van der Waals surface area contributed by atoms with E-state index in [1.807, 2.05) is 30.5 Å². The highest BCUT2D eigenvalue weighted by molar-refractivity contribution is 6.06. The Morgan fingerprint density at radius 1 is 0.930 bits per heavy atom. The number of aromatic nitrogens is 4. The number of nitrogens with zero attached hydrogens (tertiary/aromatic N) is 9. The van der Waals surface area contributed by atoms with Gasteiger partial charge in [-0.05, 0) is 68.9 Å². The number of amides is 4. The third kappa shape index (κ3) is 6.08. The van der Waals surface area contributed by atoms with Crippen molar-refractivity contribution in [1.29, 1.82) is 0 Å². The molecule has 4 amide bonds. The minimum Gasteiger partial charge on any atom is -0.368 e. The first-order chi connectivity index (χ1) is 27.7. The van der Waals surface area contributed by atoms with Gasteiger partial charge in [0.05, 0.1) is 11.9 Å². The molecule has 0 radical (unpaired) electrons. The second-order valence-corrected chi connectivity index (χ2v) is 17.0. The molecule has 6 aliphatic rings. The smallest absolute Gasteiger partial charge is 0.270 e. The summed E-state index contributed by atoms with van der Waals surface area (Å²) in [5, 5.41) is 6.57. The van der Waals surface area contributed by atoms with Crippen LogP contribution in [0, 0.1) is 0 Å². The number of hydrogen-bond acceptors (Lipinski definition) is 11. The summed E-state index contributed by atoms with van der Waals surface area (Å²) in [6.45, 7) is 5.21. The van der Waals surface area contributed by atoms with Crippen LogP contribution < -0.4 is 20.4 Å². The summed E-state index contributed by atoms with van der Waals surface area (Å²) in [6, 6.07) is 12.1. The normalized spacial score (nSPS) is 25.2. The number of hydrogen-bond donors (Lipinski definition) is 2. The Labute approximate surface area is 331 Å². The lowest BCUT2D eigenvalue weighted by Crippen LogP contribution is -2.72. The topological polar surface area (TPSA) is 152 Å². The van der Waals surface area contributed by atoms with Gasteiger partial charge in [-0.25, -0.2) is 9.97 Å². The fourth-order valence-corrected chi connectivity index (χ4v) is 10.3. The van der Waals surface area contributed by atoms with Gasteiger partial charge >= 0.3 is 0 Å². The van der Waals surface area contributed by atoms with Gasteiger partial charge in [0.25, 0.3) is 11.8 Å². The van der Waals surface area contributed by atoms with E-state index in [4.69, 9.17) is 9.97 Å². The van der Waals surface area contributed by atoms with E-state index < -0.39 is 6.04 Å². The number of piperidine rings is 1. The maximum absolute atomic E-state index is 13.5. The van der Waals surface area contributed by atoms with Crippen molar-refractivity contribution in [2.45, 2.75) is 88.0 Å². The molecule has 2 N–H and O–H groups in total. The van der Waals surface area contributed by atoms with Crippen LogP contribution in [-0.4, -0.2) is 122 Å². The van der Waals surface area contributed by atoms with E-state index in [1.54, 1.807) is 30.1 Å². The molecule has 0 bridgehead atoms. The van der Waals surface area contributed by atoms with Crippen molar-refractivity contribution in [3.63, 3.8) is 0 Å². The molecule has 4 aliphatic heterocycles. The van der Waals surface area contributed by atoms with E-state index in [9.17, 15) is 19.2 Å². The molecule has 3 saturated heterocycles. The molecule has 57 heavy (non-hydrogen) atoms. The molecule has 7 heterocycles. The van der Waals surface area contributed by atoms with Gasteiger partial charge in [-0.3, -0.25) is 29.4 Å². The molecule has 1 aromatic carbocycles. The molecule has 2 aliphatic carbocycles. The van der Waals surface area contributed by atoms with Crippen LogP contribution in [0.15, 0.2) is 48.8 Å². The fraction of sp³-hybridized carbons (Fsp3) is 0.500. The van der Waals surface area contributed by atoms with Crippen molar-refractivity contribution in [3.05, 3.63) is 65.6 Å². The zero-order chi connectivity index (χ0) is 39.0. The van der Waals surface area contributed by atoms with Crippen LogP contribution in [0.4, 0.5) is 23.1 Å². The van der Waals surface area contributed by atoms with Gasteiger partial charge in [0.1, 0.15) is 23.2 Å². The molecule has 15 heteroatoms. The van der Waals surface area contributed by atoms with Gasteiger partial charge in [0, 0.05) is 106 Å². The zero-order valence-corrected chi connectivity index (χ0v) is 32.6. The number of pyridine rings is 1. The molecule has 3 aromatic heterocycles. The van der Waals surface area contributed by atoms with Crippen LogP contribution in [-0.2, 0) is 16.1 Å². The molecular formula is C42H49N11O4. The van der Waals surface area contributed by atoms with Gasteiger partial charge in [0.15, 0.2) is 0 Å². The highest BCUT2D eigenvalue weighted by atomic mass is 16.2. The lowest BCUT2D eigenvalue weighted by atomic mass is 9.63. The Kier molecular flexibility index (Phi) is 8.68. The van der Waals surface area contributed by atoms with Crippen LogP contribution in [0.25, 0.3) is 11.0 Å². The van der Waals surface area contributed by atoms with Crippen LogP contribution in [0.1, 0.15) is 90.2 Å². The minimum atomic E-state index is -0.607. The molecule has 1 atom stereocenters. The van der Waals surface area contributed by atoms with Crippen molar-refractivity contribution in [2.75, 3.05) is 61.9 Å². The number of nitrogens with one attached hydrogen (secondary N) is 2. The average Bonchev–Trinajstić information content (AvgIpc) is 3.93. The van der Waals surface area contributed by atoms with E-state index in [0.717, 1.165) is 106 Å². The van der Waals surface area contributed by atoms with Crippen molar-refractivity contribution >= 4 is 57.8 Å². The van der Waals surface area contributed by atoms with Gasteiger partial charge in [-0.1, -0.05) is 18.9 Å². The van der Waals surface area contributed by atoms with Gasteiger partial charge in [0.2, 0.25) is 17.8 Å². The van der Waals surface area contributed by atoms with Crippen molar-refractivity contribution in [2.24, 2.45) is 0 Å². The summed E-state index contributed by atoms with van der Waals surface area (Å²) in [4.78, 5) is 75.9. The third-order valence-corrected chi connectivity index (χ3v) is 13.5. The number of benzene rings is 1. The highest BCUT2D eigenvalue weighted by Gasteiger charge is 2.56. The number of imide groups is 1. The average molecular weight is 772 g/mol. The summed E-state index contributed by atoms with van der Waals surface area (Å²) in [6.07, 6.45) is 12.1. The predicted molar refractivity (Wildman–Crippen MR) is 215 cm³/mol. The van der Waals surface area contributed by atoms with Crippen molar-refractivity contribution in [3.8, 4) is 0 Å². The Morgan fingerprint density at radius 3 is 2.44 bits per heavy atom. The van der Waals surface area contributed by atoms with Crippen molar-refractivity contribution < 1.29 is 19.2 Å². The highest BCUT2D eigenvalue weighted by Crippen LogP contribution is 2.52. The summed E-state index contributed by atoms with van der Waals surface area (Å²) in [7, 11) is 3.56. The molecule has 296 valence electrons. The maximum atomic E-state index is 13.5. The van der Waals surface area contributed by atoms with Crippen LogP contribution in [0.3, 0.4) is 0 Å². The van der Waals surface area contributed by atoms with E-state index in [1.165, 1.54) is 0 Å². The van der Waals surface area contributed by atoms with Gasteiger partial charge in [-0.2, -0.15) is 4.98 Å². The largest absolute Gasteiger partial charge is 0.368 e. The molecule has 5 fully saturated rings. The van der Waals surface area contributed by atoms with Gasteiger partial charge in [-0.15, -0.1) is 0 Å². The molecular weight excluding hydrogens is 723 g/mol. The first kappa shape index (κ1) is 35.8. The first-order valence-electron chi connectivity index (χ1n) is 20.5. The second-order valence-electron chi connectivity index (χ2n) is 17.0. The number of piperazine rings is 1. The summed E-state index contributed by atoms with van der Waals surface area (Å²) < 4.78 is 2.12. The Bertz CT molecular complexity index is 2270. The lowest BCUT2D eigenvalue weighted by Gasteiger charge is -2.65. The van der Waals surface area contributed by atoms with E-state index in [-0.39, 0.29) is 41.6 Å².